The summed E-state index contributed by atoms with van der Waals surface area (Å²) in [6.45, 7) is 4.37. The maximum atomic E-state index is 12.1. The van der Waals surface area contributed by atoms with E-state index >= 15 is 0 Å². The Morgan fingerprint density at radius 1 is 0.645 bits per heavy atom. The molecule has 0 aromatic rings. The zero-order chi connectivity index (χ0) is 23.4. The van der Waals surface area contributed by atoms with Gasteiger partial charge in [0.05, 0.1) is 21.1 Å². The van der Waals surface area contributed by atoms with Gasteiger partial charge in [-0.05, 0) is 38.5 Å². The van der Waals surface area contributed by atoms with Gasteiger partial charge in [0.15, 0.2) is 0 Å². The summed E-state index contributed by atoms with van der Waals surface area (Å²) < 4.78 is 12.6. The predicted octanol–water partition coefficient (Wildman–Crippen LogP) is 8.50. The highest BCUT2D eigenvalue weighted by atomic mass is 31.1. The van der Waals surface area contributed by atoms with E-state index in [1.54, 1.807) is 0 Å². The van der Waals surface area contributed by atoms with Crippen LogP contribution in [-0.4, -0.2) is 30.9 Å². The predicted molar refractivity (Wildman–Crippen MR) is 137 cm³/mol. The van der Waals surface area contributed by atoms with E-state index in [1.807, 2.05) is 21.1 Å². The molecule has 0 spiro atoms. The minimum atomic E-state index is -2.43. The van der Waals surface area contributed by atoms with E-state index in [-0.39, 0.29) is 0 Å². The van der Waals surface area contributed by atoms with Crippen molar-refractivity contribution in [3.63, 3.8) is 0 Å². The summed E-state index contributed by atoms with van der Waals surface area (Å²) in [5.41, 5.74) is 0. The van der Waals surface area contributed by atoms with Gasteiger partial charge in [-0.15, -0.1) is 0 Å². The molecule has 0 aromatic heterocycles. The monoisotopic (exact) mass is 456 g/mol. The van der Waals surface area contributed by atoms with Gasteiger partial charge in [0.2, 0.25) is 0 Å². The van der Waals surface area contributed by atoms with Crippen LogP contribution in [0.25, 0.3) is 0 Å². The zero-order valence-corrected chi connectivity index (χ0v) is 22.7. The van der Waals surface area contributed by atoms with Gasteiger partial charge < -0.3 is 4.89 Å². The molecule has 184 valence electrons. The number of nitrogens with zero attached hydrogens (tertiary/aromatic N) is 1. The van der Waals surface area contributed by atoms with Gasteiger partial charge >= 0.3 is 8.03 Å². The Kier molecular flexibility index (Phi) is 19.1. The summed E-state index contributed by atoms with van der Waals surface area (Å²) in [4.78, 5) is 12.1. The van der Waals surface area contributed by atoms with Crippen LogP contribution in [0.1, 0.15) is 136 Å². The summed E-state index contributed by atoms with van der Waals surface area (Å²) in [5, 5.41) is -0.602. The molecule has 31 heavy (non-hydrogen) atoms. The van der Waals surface area contributed by atoms with Gasteiger partial charge in [0.1, 0.15) is 0 Å². The van der Waals surface area contributed by atoms with Gasteiger partial charge in [-0.1, -0.05) is 101 Å². The van der Waals surface area contributed by atoms with Crippen molar-refractivity contribution < 1.29 is 13.9 Å². The molecule has 2 atom stereocenters. The fraction of sp³-hybridized carbons (Fsp3) is 0.926. The molecular formula is C27H55NO2P+. The third-order valence-corrected chi connectivity index (χ3v) is 8.55. The van der Waals surface area contributed by atoms with Crippen molar-refractivity contribution in [3.05, 3.63) is 12.2 Å². The highest BCUT2D eigenvalue weighted by Gasteiger charge is 2.53. The second-order valence-electron chi connectivity index (χ2n) is 10.4. The molecule has 0 fully saturated rings. The Labute approximate surface area is 196 Å². The molecule has 0 rings (SSSR count). The van der Waals surface area contributed by atoms with Crippen LogP contribution in [0, 0.1) is 0 Å². The van der Waals surface area contributed by atoms with Crippen molar-refractivity contribution in [1.82, 2.24) is 0 Å². The van der Waals surface area contributed by atoms with Gasteiger partial charge in [0.25, 0.3) is 5.28 Å². The van der Waals surface area contributed by atoms with E-state index in [9.17, 15) is 9.46 Å². The van der Waals surface area contributed by atoms with Gasteiger partial charge in [-0.25, -0.2) is 0 Å². The minimum absolute atomic E-state index is 0.512. The first-order valence-corrected chi connectivity index (χ1v) is 14.6. The van der Waals surface area contributed by atoms with E-state index in [0.717, 1.165) is 38.5 Å². The van der Waals surface area contributed by atoms with Crippen LogP contribution in [0.15, 0.2) is 12.2 Å². The molecule has 0 bridgehead atoms. The Balaban J connectivity index is 3.70. The molecule has 0 aromatic carbocycles. The Bertz CT molecular complexity index is 459. The topological polar surface area (TPSA) is 40.1 Å². The van der Waals surface area contributed by atoms with Gasteiger partial charge in [-0.3, -0.25) is 4.48 Å². The molecule has 3 nitrogen and oxygen atoms in total. The van der Waals surface area contributed by atoms with Crippen molar-refractivity contribution in [2.75, 3.05) is 21.1 Å². The van der Waals surface area contributed by atoms with Crippen LogP contribution in [0.2, 0.25) is 0 Å². The van der Waals surface area contributed by atoms with Crippen molar-refractivity contribution >= 4 is 8.03 Å². The fourth-order valence-corrected chi connectivity index (χ4v) is 5.87. The largest absolute Gasteiger partial charge is 0.590 e. The molecule has 0 aliphatic carbocycles. The van der Waals surface area contributed by atoms with Crippen LogP contribution in [0.3, 0.4) is 0 Å². The summed E-state index contributed by atoms with van der Waals surface area (Å²) >= 11 is 0. The number of hydrogen-bond acceptors (Lipinski definition) is 2. The zero-order valence-electron chi connectivity index (χ0n) is 21.8. The Hall–Kier alpha value is -0.240. The van der Waals surface area contributed by atoms with Crippen molar-refractivity contribution in [2.24, 2.45) is 0 Å². The number of rotatable bonds is 22. The van der Waals surface area contributed by atoms with Crippen molar-refractivity contribution in [2.45, 2.75) is 141 Å². The lowest BCUT2D eigenvalue weighted by atomic mass is 9.99. The van der Waals surface area contributed by atoms with Gasteiger partial charge in [0, 0.05) is 12.8 Å². The first-order valence-electron chi connectivity index (χ1n) is 13.4. The van der Waals surface area contributed by atoms with Crippen molar-refractivity contribution in [1.29, 1.82) is 0 Å². The molecule has 0 N–H and O–H groups in total. The van der Waals surface area contributed by atoms with Crippen LogP contribution >= 0.6 is 8.03 Å². The van der Waals surface area contributed by atoms with E-state index in [2.05, 4.69) is 26.0 Å². The summed E-state index contributed by atoms with van der Waals surface area (Å²) in [7, 11) is 3.65. The lowest BCUT2D eigenvalue weighted by Crippen LogP contribution is -2.55. The number of quaternary nitrogens is 1. The average molecular weight is 457 g/mol. The summed E-state index contributed by atoms with van der Waals surface area (Å²) in [5.74, 6) is 0. The Morgan fingerprint density at radius 2 is 1.06 bits per heavy atom. The molecular weight excluding hydrogens is 401 g/mol. The highest BCUT2D eigenvalue weighted by Crippen LogP contribution is 2.45. The van der Waals surface area contributed by atoms with E-state index in [0.29, 0.717) is 4.48 Å². The second kappa shape index (κ2) is 19.2. The quantitative estimate of drug-likeness (QED) is 0.0709. The molecule has 0 aliphatic rings. The van der Waals surface area contributed by atoms with E-state index < -0.39 is 13.3 Å². The minimum Gasteiger partial charge on any atom is -0.590 e. The summed E-state index contributed by atoms with van der Waals surface area (Å²) in [6.07, 6.45) is 28.2. The molecule has 0 heterocycles. The first kappa shape index (κ1) is 30.8. The standard InChI is InChI=1S/C27H55NO2P/c1-6-8-9-10-11-12-13-14-15-16-17-18-19-20-21-22-23-24-26-27(25-7-2,31(29)30)28(3,4)5/h19-20H,6-18,21-26H2,1-5H3/q+1. The summed E-state index contributed by atoms with van der Waals surface area (Å²) in [6, 6.07) is 0. The lowest BCUT2D eigenvalue weighted by Gasteiger charge is -2.39. The van der Waals surface area contributed by atoms with Crippen LogP contribution in [0.4, 0.5) is 0 Å². The highest BCUT2D eigenvalue weighted by molar-refractivity contribution is 7.38. The number of unbranched alkanes of at least 4 members (excludes halogenated alkanes) is 14. The van der Waals surface area contributed by atoms with Crippen LogP contribution in [-0.2, 0) is 4.57 Å². The van der Waals surface area contributed by atoms with Crippen molar-refractivity contribution in [3.8, 4) is 0 Å². The fourth-order valence-electron chi connectivity index (χ4n) is 4.63. The van der Waals surface area contributed by atoms with Crippen LogP contribution < -0.4 is 4.89 Å². The third kappa shape index (κ3) is 14.5. The van der Waals surface area contributed by atoms with Gasteiger partial charge in [-0.2, -0.15) is 0 Å². The Morgan fingerprint density at radius 3 is 1.45 bits per heavy atom. The third-order valence-electron chi connectivity index (χ3n) is 6.83. The molecule has 0 saturated carbocycles. The molecule has 0 saturated heterocycles. The SMILES string of the molecule is CCCCCCCCCCCCCC=CCCCCCC(CCC)([P+](=O)[O-])[N+](C)(C)C. The lowest BCUT2D eigenvalue weighted by molar-refractivity contribution is -0.910. The smallest absolute Gasteiger partial charge is 0.376 e. The molecule has 4 heteroatoms. The number of allylic oxidation sites excluding steroid dienone is 2. The normalized spacial score (nSPS) is 14.8. The first-order chi connectivity index (χ1) is 14.8. The van der Waals surface area contributed by atoms with E-state index in [4.69, 9.17) is 0 Å². The van der Waals surface area contributed by atoms with Crippen LogP contribution in [0.5, 0.6) is 0 Å². The second-order valence-corrected chi connectivity index (χ2v) is 11.7. The average Bonchev–Trinajstić information content (AvgIpc) is 2.71. The molecule has 0 aliphatic heterocycles. The molecule has 2 unspecified atom stereocenters. The number of hydrogen-bond donors (Lipinski definition) is 0. The van der Waals surface area contributed by atoms with E-state index in [1.165, 1.54) is 83.5 Å². The maximum Gasteiger partial charge on any atom is 0.376 e. The maximum absolute atomic E-state index is 12.1. The molecule has 0 amide bonds. The molecule has 0 radical (unpaired) electrons.